The van der Waals surface area contributed by atoms with Crippen molar-refractivity contribution in [2.45, 2.75) is 13.0 Å². The maximum Gasteiger partial charge on any atom is 0.338 e. The molecule has 1 aliphatic heterocycles. The molecule has 3 aromatic carbocycles. The van der Waals surface area contributed by atoms with Gasteiger partial charge in [0.2, 0.25) is 0 Å². The van der Waals surface area contributed by atoms with E-state index in [1.165, 1.54) is 41.0 Å². The number of rotatable bonds is 7. The molecular weight excluding hydrogens is 653 g/mol. The number of benzene rings is 3. The molecule has 1 atom stereocenters. The standard InChI is InChI=1S/C32H21BrFN3O6S/c1-2-42-31(39)27-28(18-6-4-3-5-7-18)35-32-36(29(27)19-8-10-20(34)11-9-19)30(38)26(44-32)17-22-13-15-25(43-22)23-14-12-21(37(40)41)16-24(23)33/h3-17,29H,2H2,1H3/b26-17-/t29-/m1/s1. The van der Waals surface area contributed by atoms with Gasteiger partial charge in [-0.05, 0) is 58.7 Å². The molecule has 5 aromatic rings. The van der Waals surface area contributed by atoms with Gasteiger partial charge < -0.3 is 9.15 Å². The number of halogens is 2. The molecule has 0 amide bonds. The van der Waals surface area contributed by atoms with E-state index in [4.69, 9.17) is 14.1 Å². The summed E-state index contributed by atoms with van der Waals surface area (Å²) >= 11 is 4.48. The van der Waals surface area contributed by atoms with Crippen molar-refractivity contribution in [2.75, 3.05) is 6.61 Å². The van der Waals surface area contributed by atoms with Crippen LogP contribution in [0.25, 0.3) is 23.1 Å². The zero-order valence-corrected chi connectivity index (χ0v) is 25.3. The summed E-state index contributed by atoms with van der Waals surface area (Å²) in [4.78, 5) is 43.2. The number of nitro benzene ring substituents is 1. The number of hydrogen-bond donors (Lipinski definition) is 0. The number of carbonyl (C=O) groups is 1. The van der Waals surface area contributed by atoms with Crippen molar-refractivity contribution in [2.24, 2.45) is 4.99 Å². The van der Waals surface area contributed by atoms with Gasteiger partial charge in [-0.3, -0.25) is 19.5 Å². The summed E-state index contributed by atoms with van der Waals surface area (Å²) in [5, 5.41) is 11.1. The fraction of sp³-hybridized carbons (Fsp3) is 0.0938. The quantitative estimate of drug-likeness (QED) is 0.119. The monoisotopic (exact) mass is 673 g/mol. The molecule has 9 nitrogen and oxygen atoms in total. The normalized spacial score (nSPS) is 14.7. The van der Waals surface area contributed by atoms with Crippen LogP contribution in [0.3, 0.4) is 0 Å². The number of nitrogens with zero attached hydrogens (tertiary/aromatic N) is 3. The lowest BCUT2D eigenvalue weighted by molar-refractivity contribution is -0.384. The number of ether oxygens (including phenoxy) is 1. The number of esters is 1. The van der Waals surface area contributed by atoms with Crippen LogP contribution in [-0.2, 0) is 9.53 Å². The van der Waals surface area contributed by atoms with E-state index in [9.17, 15) is 24.1 Å². The van der Waals surface area contributed by atoms with Gasteiger partial charge in [-0.1, -0.05) is 53.8 Å². The molecule has 0 radical (unpaired) electrons. The number of thiazole rings is 1. The number of fused-ring (bicyclic) bond motifs is 1. The second kappa shape index (κ2) is 12.0. The lowest BCUT2D eigenvalue weighted by Crippen LogP contribution is -2.40. The van der Waals surface area contributed by atoms with E-state index < -0.39 is 28.3 Å². The molecule has 0 saturated carbocycles. The lowest BCUT2D eigenvalue weighted by Gasteiger charge is -2.25. The molecule has 220 valence electrons. The summed E-state index contributed by atoms with van der Waals surface area (Å²) in [6.07, 6.45) is 1.57. The summed E-state index contributed by atoms with van der Waals surface area (Å²) in [7, 11) is 0. The van der Waals surface area contributed by atoms with Crippen molar-refractivity contribution in [1.82, 2.24) is 4.57 Å². The van der Waals surface area contributed by atoms with Crippen molar-refractivity contribution in [3.8, 4) is 11.3 Å². The second-order valence-corrected chi connectivity index (χ2v) is 11.5. The van der Waals surface area contributed by atoms with Gasteiger partial charge in [-0.2, -0.15) is 0 Å². The third-order valence-electron chi connectivity index (χ3n) is 6.89. The van der Waals surface area contributed by atoms with Crippen molar-refractivity contribution < 1.29 is 23.3 Å². The number of nitro groups is 1. The first-order valence-corrected chi connectivity index (χ1v) is 14.9. The van der Waals surface area contributed by atoms with Gasteiger partial charge in [0.05, 0.1) is 33.4 Å². The van der Waals surface area contributed by atoms with Crippen molar-refractivity contribution in [3.05, 3.63) is 147 Å². The number of hydrogen-bond acceptors (Lipinski definition) is 8. The van der Waals surface area contributed by atoms with Crippen LogP contribution in [0.4, 0.5) is 10.1 Å². The Hall–Kier alpha value is -4.94. The number of furan rings is 1. The SMILES string of the molecule is CCOC(=O)C1=C(c2ccccc2)N=c2s/c(=C\c3ccc(-c4ccc([N+](=O)[O-])cc4Br)o3)c(=O)n2[C@@H]1c1ccc(F)cc1. The molecule has 6 rings (SSSR count). The zero-order chi connectivity index (χ0) is 31.0. The van der Waals surface area contributed by atoms with Gasteiger partial charge in [-0.25, -0.2) is 14.2 Å². The number of carbonyl (C=O) groups excluding carboxylic acids is 1. The van der Waals surface area contributed by atoms with Crippen molar-refractivity contribution >= 4 is 50.7 Å². The highest BCUT2D eigenvalue weighted by Gasteiger charge is 2.35. The van der Waals surface area contributed by atoms with E-state index in [1.54, 1.807) is 31.2 Å². The van der Waals surface area contributed by atoms with Gasteiger partial charge in [-0.15, -0.1) is 0 Å². The summed E-state index contributed by atoms with van der Waals surface area (Å²) in [6, 6.07) is 21.5. The molecule has 0 unspecified atom stereocenters. The fourth-order valence-corrected chi connectivity index (χ4v) is 6.47. The van der Waals surface area contributed by atoms with Crippen LogP contribution >= 0.6 is 27.3 Å². The van der Waals surface area contributed by atoms with Gasteiger partial charge in [0.1, 0.15) is 17.3 Å². The molecular formula is C32H21BrFN3O6S. The third kappa shape index (κ3) is 5.45. The first-order valence-electron chi connectivity index (χ1n) is 13.3. The van der Waals surface area contributed by atoms with Crippen LogP contribution in [0, 0.1) is 15.9 Å². The first kappa shape index (κ1) is 29.1. The van der Waals surface area contributed by atoms with Gasteiger partial charge in [0, 0.05) is 33.8 Å². The van der Waals surface area contributed by atoms with Crippen LogP contribution in [0.5, 0.6) is 0 Å². The largest absolute Gasteiger partial charge is 0.463 e. The van der Waals surface area contributed by atoms with E-state index in [2.05, 4.69) is 15.9 Å². The highest BCUT2D eigenvalue weighted by molar-refractivity contribution is 9.10. The molecule has 0 saturated heterocycles. The van der Waals surface area contributed by atoms with E-state index in [0.717, 1.165) is 11.3 Å². The summed E-state index contributed by atoms with van der Waals surface area (Å²) in [6.45, 7) is 1.80. The zero-order valence-electron chi connectivity index (χ0n) is 22.9. The molecule has 1 aliphatic rings. The van der Waals surface area contributed by atoms with Crippen LogP contribution in [-0.4, -0.2) is 22.1 Å². The second-order valence-electron chi connectivity index (χ2n) is 9.61. The van der Waals surface area contributed by atoms with Crippen LogP contribution in [0.1, 0.15) is 29.9 Å². The Kier molecular flexibility index (Phi) is 7.93. The van der Waals surface area contributed by atoms with E-state index in [0.29, 0.717) is 43.2 Å². The van der Waals surface area contributed by atoms with Crippen molar-refractivity contribution in [3.63, 3.8) is 0 Å². The molecule has 12 heteroatoms. The average molecular weight is 675 g/mol. The Labute approximate surface area is 261 Å². The average Bonchev–Trinajstić information content (AvgIpc) is 3.61. The third-order valence-corrected chi connectivity index (χ3v) is 8.53. The molecule has 44 heavy (non-hydrogen) atoms. The Morgan fingerprint density at radius 2 is 1.89 bits per heavy atom. The molecule has 0 bridgehead atoms. The lowest BCUT2D eigenvalue weighted by atomic mass is 9.93. The Bertz CT molecular complexity index is 2130. The topological polar surface area (TPSA) is 117 Å². The fourth-order valence-electron chi connectivity index (χ4n) is 4.92. The predicted octanol–water partition coefficient (Wildman–Crippen LogP) is 6.01. The number of non-ortho nitro benzene ring substituents is 1. The molecule has 2 aromatic heterocycles. The Morgan fingerprint density at radius 3 is 2.57 bits per heavy atom. The van der Waals surface area contributed by atoms with Gasteiger partial charge in [0.25, 0.3) is 11.2 Å². The predicted molar refractivity (Wildman–Crippen MR) is 166 cm³/mol. The maximum absolute atomic E-state index is 14.0. The molecule has 0 spiro atoms. The van der Waals surface area contributed by atoms with Gasteiger partial charge in [0.15, 0.2) is 4.80 Å². The summed E-state index contributed by atoms with van der Waals surface area (Å²) in [5.74, 6) is -0.296. The van der Waals surface area contributed by atoms with Gasteiger partial charge >= 0.3 is 5.97 Å². The van der Waals surface area contributed by atoms with E-state index in [-0.39, 0.29) is 22.4 Å². The van der Waals surface area contributed by atoms with E-state index >= 15 is 0 Å². The van der Waals surface area contributed by atoms with Crippen LogP contribution in [0.2, 0.25) is 0 Å². The molecule has 0 N–H and O–H groups in total. The van der Waals surface area contributed by atoms with E-state index in [1.807, 2.05) is 30.3 Å². The summed E-state index contributed by atoms with van der Waals surface area (Å²) in [5.41, 5.74) is 1.78. The molecule has 0 fully saturated rings. The summed E-state index contributed by atoms with van der Waals surface area (Å²) < 4.78 is 27.6. The Morgan fingerprint density at radius 1 is 1.14 bits per heavy atom. The minimum atomic E-state index is -0.938. The molecule has 0 aliphatic carbocycles. The highest BCUT2D eigenvalue weighted by atomic mass is 79.9. The van der Waals surface area contributed by atoms with Crippen LogP contribution in [0.15, 0.2) is 109 Å². The number of aromatic nitrogens is 1. The molecule has 3 heterocycles. The Balaban J connectivity index is 1.52. The minimum Gasteiger partial charge on any atom is -0.463 e. The van der Waals surface area contributed by atoms with Crippen LogP contribution < -0.4 is 14.9 Å². The first-order chi connectivity index (χ1) is 21.2. The van der Waals surface area contributed by atoms with Crippen molar-refractivity contribution in [1.29, 1.82) is 0 Å². The minimum absolute atomic E-state index is 0.0683. The smallest absolute Gasteiger partial charge is 0.338 e. The maximum atomic E-state index is 14.0. The highest BCUT2D eigenvalue weighted by Crippen LogP contribution is 2.36.